The summed E-state index contributed by atoms with van der Waals surface area (Å²) in [4.78, 5) is 17.1. The van der Waals surface area contributed by atoms with Gasteiger partial charge in [-0.15, -0.1) is 0 Å². The molecule has 5 nitrogen and oxygen atoms in total. The van der Waals surface area contributed by atoms with E-state index in [-0.39, 0.29) is 12.0 Å². The number of hydrogen-bond donors (Lipinski definition) is 1. The number of ether oxygens (including phenoxy) is 2. The number of carbonyl (C=O) groups is 1. The number of carbonyl (C=O) groups excluding carboxylic acids is 1. The molecule has 0 radical (unpaired) electrons. The van der Waals surface area contributed by atoms with Crippen LogP contribution in [0, 0.1) is 0 Å². The first-order valence-electron chi connectivity index (χ1n) is 8.26. The van der Waals surface area contributed by atoms with Crippen molar-refractivity contribution in [1.29, 1.82) is 0 Å². The average molecular weight is 354 g/mol. The Balaban J connectivity index is 1.54. The molecule has 0 spiro atoms. The third kappa shape index (κ3) is 3.05. The summed E-state index contributed by atoms with van der Waals surface area (Å²) < 4.78 is 12.7. The highest BCUT2D eigenvalue weighted by atomic mass is 32.1. The average Bonchev–Trinajstić information content (AvgIpc) is 3.02. The van der Waals surface area contributed by atoms with Gasteiger partial charge in [0.1, 0.15) is 6.10 Å². The first kappa shape index (κ1) is 15.9. The van der Waals surface area contributed by atoms with Crippen molar-refractivity contribution in [3.8, 4) is 11.5 Å². The van der Waals surface area contributed by atoms with E-state index in [9.17, 15) is 4.79 Å². The quantitative estimate of drug-likeness (QED) is 0.771. The van der Waals surface area contributed by atoms with Crippen LogP contribution in [0.25, 0.3) is 10.2 Å². The van der Waals surface area contributed by atoms with Crippen LogP contribution >= 0.6 is 11.3 Å². The third-order valence-electron chi connectivity index (χ3n) is 4.19. The van der Waals surface area contributed by atoms with Gasteiger partial charge in [-0.3, -0.25) is 10.1 Å². The summed E-state index contributed by atoms with van der Waals surface area (Å²) >= 11 is 1.47. The number of benzene rings is 2. The summed E-state index contributed by atoms with van der Waals surface area (Å²) in [6.45, 7) is 3.94. The van der Waals surface area contributed by atoms with Gasteiger partial charge in [-0.05, 0) is 43.2 Å². The first-order valence-corrected chi connectivity index (χ1v) is 9.08. The molecule has 3 aromatic rings. The molecule has 25 heavy (non-hydrogen) atoms. The van der Waals surface area contributed by atoms with E-state index < -0.39 is 6.10 Å². The number of nitrogens with zero attached hydrogens (tertiary/aromatic N) is 1. The van der Waals surface area contributed by atoms with Crippen molar-refractivity contribution in [3.63, 3.8) is 0 Å². The van der Waals surface area contributed by atoms with Crippen LogP contribution in [-0.4, -0.2) is 23.1 Å². The number of aryl methyl sites for hydroxylation is 1. The Labute approximate surface area is 149 Å². The Bertz CT molecular complexity index is 937. The monoisotopic (exact) mass is 354 g/mol. The van der Waals surface area contributed by atoms with Crippen molar-refractivity contribution in [1.82, 2.24) is 4.98 Å². The molecule has 2 aromatic carbocycles. The Morgan fingerprint density at radius 2 is 1.96 bits per heavy atom. The molecule has 2 heterocycles. The lowest BCUT2D eigenvalue weighted by Gasteiger charge is -2.30. The van der Waals surface area contributed by atoms with Crippen LogP contribution in [0.4, 0.5) is 5.13 Å². The Morgan fingerprint density at radius 3 is 2.72 bits per heavy atom. The molecule has 0 bridgehead atoms. The minimum Gasteiger partial charge on any atom is -0.482 e. The molecule has 0 saturated heterocycles. The molecule has 1 amide bonds. The summed E-state index contributed by atoms with van der Waals surface area (Å²) in [5.41, 5.74) is 2.14. The van der Waals surface area contributed by atoms with Crippen LogP contribution in [0.1, 0.15) is 19.4 Å². The van der Waals surface area contributed by atoms with E-state index in [0.717, 1.165) is 16.6 Å². The molecule has 1 aromatic heterocycles. The summed E-state index contributed by atoms with van der Waals surface area (Å²) in [6.07, 6.45) is -0.122. The lowest BCUT2D eigenvalue weighted by atomic mass is 10.1. The summed E-state index contributed by atoms with van der Waals surface area (Å²) in [6, 6.07) is 13.5. The molecule has 1 aliphatic rings. The topological polar surface area (TPSA) is 60.5 Å². The maximum absolute atomic E-state index is 12.6. The second-order valence-corrected chi connectivity index (χ2v) is 7.00. The third-order valence-corrected chi connectivity index (χ3v) is 5.13. The van der Waals surface area contributed by atoms with Gasteiger partial charge in [-0.1, -0.05) is 36.5 Å². The van der Waals surface area contributed by atoms with E-state index in [1.54, 1.807) is 6.07 Å². The molecule has 1 N–H and O–H groups in total. The molecule has 0 saturated carbocycles. The zero-order chi connectivity index (χ0) is 17.4. The van der Waals surface area contributed by atoms with Gasteiger partial charge >= 0.3 is 0 Å². The lowest BCUT2D eigenvalue weighted by Crippen LogP contribution is -2.46. The maximum Gasteiger partial charge on any atom is 0.271 e. The fourth-order valence-corrected chi connectivity index (χ4v) is 3.76. The van der Waals surface area contributed by atoms with Crippen molar-refractivity contribution in [3.05, 3.63) is 48.0 Å². The van der Waals surface area contributed by atoms with Gasteiger partial charge in [0.15, 0.2) is 16.6 Å². The number of thiazole rings is 1. The smallest absolute Gasteiger partial charge is 0.271 e. The standard InChI is InChI=1S/C19H18N2O3S/c1-3-12-8-9-13-16(10-12)25-19(20-13)21-18(22)17-11(2)23-14-6-4-5-7-15(14)24-17/h4-11,17H,3H2,1-2H3,(H,20,21,22). The zero-order valence-corrected chi connectivity index (χ0v) is 14.8. The number of anilines is 1. The second kappa shape index (κ2) is 6.37. The number of hydrogen-bond acceptors (Lipinski definition) is 5. The minimum absolute atomic E-state index is 0.253. The lowest BCUT2D eigenvalue weighted by molar-refractivity contribution is -0.128. The van der Waals surface area contributed by atoms with Crippen molar-refractivity contribution >= 4 is 32.6 Å². The van der Waals surface area contributed by atoms with E-state index in [4.69, 9.17) is 9.47 Å². The molecule has 128 valence electrons. The Hall–Kier alpha value is -2.60. The van der Waals surface area contributed by atoms with Crippen molar-refractivity contribution in [2.24, 2.45) is 0 Å². The summed E-state index contributed by atoms with van der Waals surface area (Å²) in [5.74, 6) is 0.987. The minimum atomic E-state index is -0.715. The summed E-state index contributed by atoms with van der Waals surface area (Å²) in [5, 5.41) is 3.44. The molecule has 0 fully saturated rings. The maximum atomic E-state index is 12.6. The number of nitrogens with one attached hydrogen (secondary N) is 1. The molecular weight excluding hydrogens is 336 g/mol. The Morgan fingerprint density at radius 1 is 1.20 bits per heavy atom. The van der Waals surface area contributed by atoms with Crippen LogP contribution in [-0.2, 0) is 11.2 Å². The molecule has 2 unspecified atom stereocenters. The van der Waals surface area contributed by atoms with E-state index >= 15 is 0 Å². The van der Waals surface area contributed by atoms with Gasteiger partial charge in [0, 0.05) is 0 Å². The highest BCUT2D eigenvalue weighted by Gasteiger charge is 2.34. The SMILES string of the molecule is CCc1ccc2nc(NC(=O)C3Oc4ccccc4OC3C)sc2c1. The van der Waals surface area contributed by atoms with Gasteiger partial charge in [-0.25, -0.2) is 4.98 Å². The van der Waals surface area contributed by atoms with E-state index in [1.165, 1.54) is 16.9 Å². The van der Waals surface area contributed by atoms with Crippen molar-refractivity contribution in [2.45, 2.75) is 32.5 Å². The molecule has 1 aliphatic heterocycles. The van der Waals surface area contributed by atoms with Gasteiger partial charge in [0.25, 0.3) is 5.91 Å². The van der Waals surface area contributed by atoms with E-state index in [2.05, 4.69) is 29.4 Å². The summed E-state index contributed by atoms with van der Waals surface area (Å²) in [7, 11) is 0. The molecule has 6 heteroatoms. The Kier molecular flexibility index (Phi) is 4.05. The second-order valence-electron chi connectivity index (χ2n) is 5.97. The van der Waals surface area contributed by atoms with Gasteiger partial charge < -0.3 is 9.47 Å². The number of para-hydroxylation sites is 2. The van der Waals surface area contributed by atoms with Crippen LogP contribution in [0.3, 0.4) is 0 Å². The van der Waals surface area contributed by atoms with Crippen LogP contribution in [0.2, 0.25) is 0 Å². The largest absolute Gasteiger partial charge is 0.482 e. The van der Waals surface area contributed by atoms with Crippen LogP contribution in [0.5, 0.6) is 11.5 Å². The van der Waals surface area contributed by atoms with Crippen molar-refractivity contribution < 1.29 is 14.3 Å². The number of amides is 1. The highest BCUT2D eigenvalue weighted by Crippen LogP contribution is 2.34. The van der Waals surface area contributed by atoms with E-state index in [1.807, 2.05) is 31.2 Å². The van der Waals surface area contributed by atoms with Gasteiger partial charge in [0.05, 0.1) is 10.2 Å². The van der Waals surface area contributed by atoms with E-state index in [0.29, 0.717) is 16.6 Å². The molecule has 2 atom stereocenters. The predicted octanol–water partition coefficient (Wildman–Crippen LogP) is 4.03. The predicted molar refractivity (Wildman–Crippen MR) is 98.6 cm³/mol. The van der Waals surface area contributed by atoms with Gasteiger partial charge in [0.2, 0.25) is 6.10 Å². The molecule has 4 rings (SSSR count). The van der Waals surface area contributed by atoms with Gasteiger partial charge in [-0.2, -0.15) is 0 Å². The van der Waals surface area contributed by atoms with Crippen LogP contribution in [0.15, 0.2) is 42.5 Å². The highest BCUT2D eigenvalue weighted by molar-refractivity contribution is 7.22. The number of aromatic nitrogens is 1. The first-order chi connectivity index (χ1) is 12.1. The van der Waals surface area contributed by atoms with Crippen molar-refractivity contribution in [2.75, 3.05) is 5.32 Å². The fraction of sp³-hybridized carbons (Fsp3) is 0.263. The number of rotatable bonds is 3. The number of fused-ring (bicyclic) bond motifs is 2. The fourth-order valence-electron chi connectivity index (χ4n) is 2.83. The normalized spacial score (nSPS) is 19.0. The zero-order valence-electron chi connectivity index (χ0n) is 14.0. The van der Waals surface area contributed by atoms with Crippen LogP contribution < -0.4 is 14.8 Å². The molecule has 0 aliphatic carbocycles. The molecular formula is C19H18N2O3S.